The minimum Gasteiger partial charge on any atom is -0.314 e. The third kappa shape index (κ3) is 8.81. The second-order valence-electron chi connectivity index (χ2n) is 3.26. The Labute approximate surface area is 91.6 Å². The lowest BCUT2D eigenvalue weighted by atomic mass is 10.1. The lowest BCUT2D eigenvalue weighted by Gasteiger charge is -2.15. The van der Waals surface area contributed by atoms with Crippen molar-refractivity contribution in [2.45, 2.75) is 44.8 Å². The van der Waals surface area contributed by atoms with Gasteiger partial charge in [0, 0.05) is 17.8 Å². The zero-order valence-corrected chi connectivity index (χ0v) is 9.92. The lowest BCUT2D eigenvalue weighted by Crippen LogP contribution is -2.30. The largest absolute Gasteiger partial charge is 0.389 e. The molecule has 86 valence electrons. The van der Waals surface area contributed by atoms with Gasteiger partial charge in [0.05, 0.1) is 0 Å². The van der Waals surface area contributed by atoms with Crippen molar-refractivity contribution in [3.05, 3.63) is 0 Å². The summed E-state index contributed by atoms with van der Waals surface area (Å²) in [6, 6.07) is 0.336. The molecule has 0 aromatic heterocycles. The van der Waals surface area contributed by atoms with Crippen LogP contribution in [0.15, 0.2) is 0 Å². The van der Waals surface area contributed by atoms with Gasteiger partial charge in [-0.15, -0.1) is 0 Å². The number of halogens is 4. The van der Waals surface area contributed by atoms with Gasteiger partial charge in [0.2, 0.25) is 0 Å². The fourth-order valence-corrected chi connectivity index (χ4v) is 1.73. The van der Waals surface area contributed by atoms with Crippen LogP contribution in [0.5, 0.6) is 0 Å². The van der Waals surface area contributed by atoms with Gasteiger partial charge in [-0.2, -0.15) is 13.2 Å². The van der Waals surface area contributed by atoms with Gasteiger partial charge in [-0.25, -0.2) is 0 Å². The Balaban J connectivity index is 3.42. The maximum atomic E-state index is 11.8. The molecule has 0 aliphatic carbocycles. The predicted molar refractivity (Wildman–Crippen MR) is 55.8 cm³/mol. The normalized spacial score (nSPS) is 14.4. The summed E-state index contributed by atoms with van der Waals surface area (Å²) >= 11 is 3.31. The van der Waals surface area contributed by atoms with Crippen LogP contribution in [0.2, 0.25) is 0 Å². The molecule has 0 aliphatic rings. The molecule has 0 saturated heterocycles. The highest BCUT2D eigenvalue weighted by Crippen LogP contribution is 2.20. The summed E-state index contributed by atoms with van der Waals surface area (Å²) in [5, 5.41) is 4.00. The van der Waals surface area contributed by atoms with Gasteiger partial charge in [-0.1, -0.05) is 22.9 Å². The molecule has 1 nitrogen and oxygen atoms in total. The molecule has 0 radical (unpaired) electrons. The molecular formula is C9H17BrF3N. The molecule has 0 saturated carbocycles. The standard InChI is InChI=1S/C9H17BrF3N/c1-2-8(4-6-10)14-7-3-5-9(11,12)13/h8,14H,2-7H2,1H3. The summed E-state index contributed by atoms with van der Waals surface area (Å²) in [5.74, 6) is 0. The van der Waals surface area contributed by atoms with Gasteiger partial charge < -0.3 is 5.32 Å². The van der Waals surface area contributed by atoms with Crippen molar-refractivity contribution in [2.75, 3.05) is 11.9 Å². The second kappa shape index (κ2) is 7.51. The van der Waals surface area contributed by atoms with Crippen LogP contribution in [0.4, 0.5) is 13.2 Å². The van der Waals surface area contributed by atoms with Crippen LogP contribution in [0.3, 0.4) is 0 Å². The number of alkyl halides is 4. The first-order valence-corrected chi connectivity index (χ1v) is 5.98. The Hall–Kier alpha value is 0.230. The Morgan fingerprint density at radius 2 is 2.00 bits per heavy atom. The van der Waals surface area contributed by atoms with Crippen molar-refractivity contribution >= 4 is 15.9 Å². The fraction of sp³-hybridized carbons (Fsp3) is 1.00. The fourth-order valence-electron chi connectivity index (χ4n) is 1.18. The quantitative estimate of drug-likeness (QED) is 0.554. The Kier molecular flexibility index (Phi) is 7.64. The predicted octanol–water partition coefficient (Wildman–Crippen LogP) is 3.48. The molecule has 0 aromatic rings. The molecule has 0 spiro atoms. The summed E-state index contributed by atoms with van der Waals surface area (Å²) in [5.41, 5.74) is 0. The van der Waals surface area contributed by atoms with Crippen LogP contribution < -0.4 is 5.32 Å². The number of rotatable bonds is 7. The minimum absolute atomic E-state index is 0.169. The molecule has 14 heavy (non-hydrogen) atoms. The van der Waals surface area contributed by atoms with E-state index in [0.717, 1.165) is 18.2 Å². The first-order valence-electron chi connectivity index (χ1n) is 4.85. The van der Waals surface area contributed by atoms with E-state index in [2.05, 4.69) is 21.2 Å². The maximum Gasteiger partial charge on any atom is 0.389 e. The van der Waals surface area contributed by atoms with Crippen LogP contribution in [0.25, 0.3) is 0 Å². The van der Waals surface area contributed by atoms with Gasteiger partial charge in [0.1, 0.15) is 0 Å². The van der Waals surface area contributed by atoms with Crippen LogP contribution in [0, 0.1) is 0 Å². The van der Waals surface area contributed by atoms with Crippen molar-refractivity contribution in [1.29, 1.82) is 0 Å². The average Bonchev–Trinajstić information content (AvgIpc) is 2.08. The SMILES string of the molecule is CCC(CCBr)NCCCC(F)(F)F. The highest BCUT2D eigenvalue weighted by molar-refractivity contribution is 9.09. The molecular weight excluding hydrogens is 259 g/mol. The van der Waals surface area contributed by atoms with E-state index < -0.39 is 12.6 Å². The Morgan fingerprint density at radius 1 is 1.36 bits per heavy atom. The molecule has 0 rings (SSSR count). The Bertz CT molecular complexity index is 139. The molecule has 0 amide bonds. The van der Waals surface area contributed by atoms with Gasteiger partial charge in [0.25, 0.3) is 0 Å². The summed E-state index contributed by atoms with van der Waals surface area (Å²) in [6.45, 7) is 2.48. The van der Waals surface area contributed by atoms with Crippen molar-refractivity contribution in [2.24, 2.45) is 0 Å². The Morgan fingerprint density at radius 3 is 2.43 bits per heavy atom. The number of nitrogens with one attached hydrogen (secondary N) is 1. The summed E-state index contributed by atoms with van der Waals surface area (Å²) in [6.07, 6.45) is -2.62. The third-order valence-corrected chi connectivity index (χ3v) is 2.48. The molecule has 0 aromatic carbocycles. The summed E-state index contributed by atoms with van der Waals surface area (Å²) < 4.78 is 35.3. The maximum absolute atomic E-state index is 11.8. The summed E-state index contributed by atoms with van der Waals surface area (Å²) in [7, 11) is 0. The molecule has 5 heteroatoms. The monoisotopic (exact) mass is 275 g/mol. The first kappa shape index (κ1) is 14.2. The van der Waals surface area contributed by atoms with Gasteiger partial charge in [-0.3, -0.25) is 0 Å². The average molecular weight is 276 g/mol. The van der Waals surface area contributed by atoms with E-state index in [0.29, 0.717) is 12.6 Å². The molecule has 1 unspecified atom stereocenters. The molecule has 0 bridgehead atoms. The van der Waals surface area contributed by atoms with E-state index in [9.17, 15) is 13.2 Å². The molecule has 1 N–H and O–H groups in total. The van der Waals surface area contributed by atoms with E-state index in [-0.39, 0.29) is 6.42 Å². The van der Waals surface area contributed by atoms with E-state index in [1.165, 1.54) is 0 Å². The zero-order chi connectivity index (χ0) is 11.0. The number of hydrogen-bond donors (Lipinski definition) is 1. The van der Waals surface area contributed by atoms with Crippen molar-refractivity contribution in [3.63, 3.8) is 0 Å². The van der Waals surface area contributed by atoms with Crippen LogP contribution >= 0.6 is 15.9 Å². The highest BCUT2D eigenvalue weighted by atomic mass is 79.9. The summed E-state index contributed by atoms with van der Waals surface area (Å²) in [4.78, 5) is 0. The molecule has 1 atom stereocenters. The second-order valence-corrected chi connectivity index (χ2v) is 4.05. The van der Waals surface area contributed by atoms with E-state index >= 15 is 0 Å². The highest BCUT2D eigenvalue weighted by Gasteiger charge is 2.25. The van der Waals surface area contributed by atoms with Crippen molar-refractivity contribution < 1.29 is 13.2 Å². The molecule has 0 aliphatic heterocycles. The number of hydrogen-bond acceptors (Lipinski definition) is 1. The van der Waals surface area contributed by atoms with Crippen molar-refractivity contribution in [3.8, 4) is 0 Å². The first-order chi connectivity index (χ1) is 6.49. The lowest BCUT2D eigenvalue weighted by molar-refractivity contribution is -0.135. The van der Waals surface area contributed by atoms with Gasteiger partial charge in [0.15, 0.2) is 0 Å². The third-order valence-electron chi connectivity index (χ3n) is 2.02. The molecule has 0 fully saturated rings. The van der Waals surface area contributed by atoms with E-state index in [1.807, 2.05) is 6.92 Å². The smallest absolute Gasteiger partial charge is 0.314 e. The topological polar surface area (TPSA) is 12.0 Å². The zero-order valence-electron chi connectivity index (χ0n) is 8.33. The minimum atomic E-state index is -4.02. The van der Waals surface area contributed by atoms with Crippen LogP contribution in [-0.2, 0) is 0 Å². The van der Waals surface area contributed by atoms with E-state index in [1.54, 1.807) is 0 Å². The van der Waals surface area contributed by atoms with Gasteiger partial charge >= 0.3 is 6.18 Å². The van der Waals surface area contributed by atoms with Crippen molar-refractivity contribution in [1.82, 2.24) is 5.32 Å². The molecule has 0 heterocycles. The van der Waals surface area contributed by atoms with Gasteiger partial charge in [-0.05, 0) is 25.8 Å². The van der Waals surface area contributed by atoms with Crippen LogP contribution in [0.1, 0.15) is 32.6 Å². The van der Waals surface area contributed by atoms with Crippen LogP contribution in [-0.4, -0.2) is 24.1 Å². The van der Waals surface area contributed by atoms with E-state index in [4.69, 9.17) is 0 Å².